The SMILES string of the molecule is N#Cc1c(NC(=O)CCNC(=O)c2ccco2)sc2c1CCCC2. The molecule has 0 aromatic carbocycles. The van der Waals surface area contributed by atoms with E-state index in [1.54, 1.807) is 12.1 Å². The molecule has 0 aliphatic heterocycles. The number of aryl methyl sites for hydroxylation is 1. The van der Waals surface area contributed by atoms with E-state index in [-0.39, 0.29) is 30.5 Å². The first-order chi connectivity index (χ1) is 11.7. The van der Waals surface area contributed by atoms with Crippen LogP contribution >= 0.6 is 11.3 Å². The molecule has 3 rings (SSSR count). The maximum atomic E-state index is 12.1. The minimum atomic E-state index is -0.350. The van der Waals surface area contributed by atoms with Gasteiger partial charge in [-0.15, -0.1) is 11.3 Å². The van der Waals surface area contributed by atoms with Gasteiger partial charge in [0.1, 0.15) is 11.1 Å². The lowest BCUT2D eigenvalue weighted by atomic mass is 9.96. The van der Waals surface area contributed by atoms with Crippen molar-refractivity contribution in [2.75, 3.05) is 11.9 Å². The fraction of sp³-hybridized carbons (Fsp3) is 0.353. The predicted octanol–water partition coefficient (Wildman–Crippen LogP) is 2.85. The van der Waals surface area contributed by atoms with Gasteiger partial charge in [0.05, 0.1) is 11.8 Å². The van der Waals surface area contributed by atoms with Gasteiger partial charge in [-0.2, -0.15) is 5.26 Å². The maximum Gasteiger partial charge on any atom is 0.286 e. The zero-order valence-electron chi connectivity index (χ0n) is 13.1. The Morgan fingerprint density at radius 2 is 2.17 bits per heavy atom. The predicted molar refractivity (Wildman–Crippen MR) is 90.0 cm³/mol. The van der Waals surface area contributed by atoms with Crippen molar-refractivity contribution >= 4 is 28.2 Å². The van der Waals surface area contributed by atoms with Crippen LogP contribution in [0.1, 0.15) is 45.8 Å². The van der Waals surface area contributed by atoms with Gasteiger partial charge in [-0.1, -0.05) is 0 Å². The number of hydrogen-bond acceptors (Lipinski definition) is 5. The first-order valence-corrected chi connectivity index (χ1v) is 8.67. The second-order valence-electron chi connectivity index (χ2n) is 5.56. The van der Waals surface area contributed by atoms with E-state index in [1.807, 2.05) is 0 Å². The van der Waals surface area contributed by atoms with Gasteiger partial charge in [0, 0.05) is 17.8 Å². The Kier molecular flexibility index (Phi) is 4.96. The normalized spacial score (nSPS) is 13.0. The van der Waals surface area contributed by atoms with Crippen LogP contribution < -0.4 is 10.6 Å². The minimum Gasteiger partial charge on any atom is -0.459 e. The zero-order valence-corrected chi connectivity index (χ0v) is 13.9. The van der Waals surface area contributed by atoms with Gasteiger partial charge in [0.2, 0.25) is 5.91 Å². The molecule has 0 radical (unpaired) electrons. The molecule has 124 valence electrons. The molecule has 2 amide bonds. The average molecular weight is 343 g/mol. The lowest BCUT2D eigenvalue weighted by Gasteiger charge is -2.09. The van der Waals surface area contributed by atoms with Crippen molar-refractivity contribution in [1.82, 2.24) is 5.32 Å². The zero-order chi connectivity index (χ0) is 16.9. The van der Waals surface area contributed by atoms with Crippen LogP contribution in [0.5, 0.6) is 0 Å². The molecule has 1 aliphatic rings. The molecular formula is C17H17N3O3S. The number of carbonyl (C=O) groups is 2. The van der Waals surface area contributed by atoms with Crippen LogP contribution in [-0.4, -0.2) is 18.4 Å². The average Bonchev–Trinajstić information content (AvgIpc) is 3.22. The molecule has 2 aromatic rings. The Bertz CT molecular complexity index is 787. The van der Waals surface area contributed by atoms with E-state index >= 15 is 0 Å². The smallest absolute Gasteiger partial charge is 0.286 e. The van der Waals surface area contributed by atoms with Crippen molar-refractivity contribution in [2.24, 2.45) is 0 Å². The van der Waals surface area contributed by atoms with Gasteiger partial charge < -0.3 is 15.1 Å². The molecular weight excluding hydrogens is 326 g/mol. The number of fused-ring (bicyclic) bond motifs is 1. The first-order valence-electron chi connectivity index (χ1n) is 7.85. The molecule has 1 aliphatic carbocycles. The second-order valence-corrected chi connectivity index (χ2v) is 6.66. The topological polar surface area (TPSA) is 95.1 Å². The molecule has 0 bridgehead atoms. The third-order valence-electron chi connectivity index (χ3n) is 3.92. The van der Waals surface area contributed by atoms with Crippen LogP contribution in [0.15, 0.2) is 22.8 Å². The van der Waals surface area contributed by atoms with Gasteiger partial charge in [-0.05, 0) is 43.4 Å². The van der Waals surface area contributed by atoms with E-state index in [0.29, 0.717) is 10.6 Å². The number of furan rings is 1. The number of thiophene rings is 1. The van der Waals surface area contributed by atoms with Gasteiger partial charge in [-0.3, -0.25) is 9.59 Å². The third-order valence-corrected chi connectivity index (χ3v) is 5.13. The minimum absolute atomic E-state index is 0.139. The number of carbonyl (C=O) groups excluding carboxylic acids is 2. The summed E-state index contributed by atoms with van der Waals surface area (Å²) in [5.74, 6) is -0.352. The molecule has 0 atom stereocenters. The summed E-state index contributed by atoms with van der Waals surface area (Å²) in [5, 5.41) is 15.4. The van der Waals surface area contributed by atoms with Gasteiger partial charge in [-0.25, -0.2) is 0 Å². The highest BCUT2D eigenvalue weighted by Gasteiger charge is 2.21. The van der Waals surface area contributed by atoms with E-state index in [2.05, 4.69) is 16.7 Å². The van der Waals surface area contributed by atoms with Crippen LogP contribution in [0.3, 0.4) is 0 Å². The highest BCUT2D eigenvalue weighted by atomic mass is 32.1. The van der Waals surface area contributed by atoms with Crippen LogP contribution in [0, 0.1) is 11.3 Å². The molecule has 0 saturated carbocycles. The summed E-state index contributed by atoms with van der Waals surface area (Å²) >= 11 is 1.50. The quantitative estimate of drug-likeness (QED) is 0.872. The van der Waals surface area contributed by atoms with Crippen LogP contribution in [0.2, 0.25) is 0 Å². The van der Waals surface area contributed by atoms with Crippen molar-refractivity contribution in [2.45, 2.75) is 32.1 Å². The summed E-state index contributed by atoms with van der Waals surface area (Å²) in [6, 6.07) is 5.40. The van der Waals surface area contributed by atoms with Crippen molar-refractivity contribution in [3.8, 4) is 6.07 Å². The lowest BCUT2D eigenvalue weighted by Crippen LogP contribution is -2.27. The van der Waals surface area contributed by atoms with Crippen LogP contribution in [0.25, 0.3) is 0 Å². The molecule has 0 fully saturated rings. The fourth-order valence-electron chi connectivity index (χ4n) is 2.75. The van der Waals surface area contributed by atoms with E-state index in [0.717, 1.165) is 31.2 Å². The van der Waals surface area contributed by atoms with Gasteiger partial charge in [0.15, 0.2) is 5.76 Å². The number of amides is 2. The maximum absolute atomic E-state index is 12.1. The monoisotopic (exact) mass is 343 g/mol. The Morgan fingerprint density at radius 1 is 1.33 bits per heavy atom. The van der Waals surface area contributed by atoms with E-state index in [4.69, 9.17) is 4.42 Å². The number of rotatable bonds is 5. The molecule has 2 aromatic heterocycles. The van der Waals surface area contributed by atoms with Gasteiger partial charge >= 0.3 is 0 Å². The Balaban J connectivity index is 1.55. The molecule has 0 unspecified atom stereocenters. The Morgan fingerprint density at radius 3 is 2.92 bits per heavy atom. The molecule has 6 nitrogen and oxygen atoms in total. The Labute approximate surface area is 143 Å². The summed E-state index contributed by atoms with van der Waals surface area (Å²) in [5.41, 5.74) is 1.69. The van der Waals surface area contributed by atoms with Crippen molar-refractivity contribution in [3.05, 3.63) is 40.2 Å². The van der Waals surface area contributed by atoms with Crippen molar-refractivity contribution in [3.63, 3.8) is 0 Å². The summed E-state index contributed by atoms with van der Waals surface area (Å²) in [6.07, 6.45) is 5.66. The van der Waals surface area contributed by atoms with Crippen LogP contribution in [0.4, 0.5) is 5.00 Å². The molecule has 0 spiro atoms. The molecule has 0 saturated heterocycles. The largest absolute Gasteiger partial charge is 0.459 e. The number of nitriles is 1. The van der Waals surface area contributed by atoms with E-state index < -0.39 is 0 Å². The standard InChI is InChI=1S/C17H17N3O3S/c18-10-12-11-4-1-2-6-14(11)24-17(12)20-15(21)7-8-19-16(22)13-5-3-9-23-13/h3,5,9H,1-2,4,6-8H2,(H,19,22)(H,20,21). The molecule has 2 N–H and O–H groups in total. The molecule has 24 heavy (non-hydrogen) atoms. The van der Waals surface area contributed by atoms with Crippen LogP contribution in [-0.2, 0) is 17.6 Å². The Hall–Kier alpha value is -2.59. The summed E-state index contributed by atoms with van der Waals surface area (Å²) in [4.78, 5) is 25.0. The summed E-state index contributed by atoms with van der Waals surface area (Å²) < 4.78 is 4.98. The van der Waals surface area contributed by atoms with Crippen molar-refractivity contribution < 1.29 is 14.0 Å². The number of hydrogen-bond donors (Lipinski definition) is 2. The van der Waals surface area contributed by atoms with Crippen molar-refractivity contribution in [1.29, 1.82) is 5.26 Å². The molecule has 7 heteroatoms. The number of anilines is 1. The lowest BCUT2D eigenvalue weighted by molar-refractivity contribution is -0.116. The highest BCUT2D eigenvalue weighted by molar-refractivity contribution is 7.16. The number of nitrogens with zero attached hydrogens (tertiary/aromatic N) is 1. The third kappa shape index (κ3) is 3.49. The number of nitrogens with one attached hydrogen (secondary N) is 2. The molecule has 2 heterocycles. The summed E-state index contributed by atoms with van der Waals surface area (Å²) in [7, 11) is 0. The fourth-order valence-corrected chi connectivity index (χ4v) is 4.00. The van der Waals surface area contributed by atoms with E-state index in [1.165, 1.54) is 22.5 Å². The van der Waals surface area contributed by atoms with Gasteiger partial charge in [0.25, 0.3) is 5.91 Å². The summed E-state index contributed by atoms with van der Waals surface area (Å²) in [6.45, 7) is 0.207. The van der Waals surface area contributed by atoms with E-state index in [9.17, 15) is 14.9 Å². The second kappa shape index (κ2) is 7.32. The highest BCUT2D eigenvalue weighted by Crippen LogP contribution is 2.37. The first kappa shape index (κ1) is 16.3.